The predicted molar refractivity (Wildman–Crippen MR) is 109 cm³/mol. The molecule has 0 saturated carbocycles. The van der Waals surface area contributed by atoms with E-state index in [2.05, 4.69) is 10.3 Å². The molecule has 3 aromatic carbocycles. The van der Waals surface area contributed by atoms with Crippen LogP contribution in [-0.4, -0.2) is 32.1 Å². The standard InChI is InChI=1S/C22H16N4O4/c1-13(30-22(27)25-20-9-5-4-8-19(20)23-24-25)21-16-7-3-2-6-15(16)18-12-14(26(28)29)10-11-17(18)21/h2-13,21H,1H3. The Balaban J connectivity index is 1.51. The second-order valence-electron chi connectivity index (χ2n) is 7.17. The van der Waals surface area contributed by atoms with Crippen LogP contribution < -0.4 is 0 Å². The summed E-state index contributed by atoms with van der Waals surface area (Å²) in [6.07, 6.45) is -1.15. The molecule has 8 heteroatoms. The number of carbonyl (C=O) groups excluding carboxylic acids is 1. The number of benzene rings is 3. The first-order chi connectivity index (χ1) is 14.5. The molecular formula is C22H16N4O4. The van der Waals surface area contributed by atoms with Gasteiger partial charge in [-0.15, -0.1) is 9.78 Å². The van der Waals surface area contributed by atoms with E-state index < -0.39 is 17.1 Å². The van der Waals surface area contributed by atoms with Gasteiger partial charge >= 0.3 is 6.09 Å². The summed E-state index contributed by atoms with van der Waals surface area (Å²) in [6.45, 7) is 1.81. The molecule has 30 heavy (non-hydrogen) atoms. The molecule has 0 N–H and O–H groups in total. The SMILES string of the molecule is CC(OC(=O)n1nnc2ccccc21)C1c2ccccc2-c2cc([N+](=O)[O-])ccc21. The van der Waals surface area contributed by atoms with E-state index in [-0.39, 0.29) is 11.6 Å². The third kappa shape index (κ3) is 2.73. The monoisotopic (exact) mass is 400 g/mol. The van der Waals surface area contributed by atoms with Gasteiger partial charge in [0.05, 0.1) is 4.92 Å². The molecule has 1 aromatic heterocycles. The minimum absolute atomic E-state index is 0.0305. The van der Waals surface area contributed by atoms with Gasteiger partial charge in [-0.3, -0.25) is 10.1 Å². The zero-order valence-corrected chi connectivity index (χ0v) is 15.9. The minimum atomic E-state index is -0.621. The van der Waals surface area contributed by atoms with Gasteiger partial charge in [-0.25, -0.2) is 4.79 Å². The van der Waals surface area contributed by atoms with Crippen molar-refractivity contribution in [2.24, 2.45) is 0 Å². The number of para-hydroxylation sites is 1. The summed E-state index contributed by atoms with van der Waals surface area (Å²) in [5.41, 5.74) is 4.77. The molecule has 1 heterocycles. The number of nitrogens with zero attached hydrogens (tertiary/aromatic N) is 4. The summed E-state index contributed by atoms with van der Waals surface area (Å²) in [4.78, 5) is 23.6. The van der Waals surface area contributed by atoms with E-state index in [1.807, 2.05) is 37.3 Å². The van der Waals surface area contributed by atoms with Crippen LogP contribution in [0.5, 0.6) is 0 Å². The molecule has 5 rings (SSSR count). The molecule has 0 aliphatic heterocycles. The van der Waals surface area contributed by atoms with E-state index in [0.717, 1.165) is 26.9 Å². The summed E-state index contributed by atoms with van der Waals surface area (Å²) in [5.74, 6) is -0.240. The van der Waals surface area contributed by atoms with Crippen LogP contribution >= 0.6 is 0 Å². The van der Waals surface area contributed by atoms with Crippen molar-refractivity contribution in [2.45, 2.75) is 18.9 Å². The number of aromatic nitrogens is 3. The molecule has 1 aliphatic rings. The Kier molecular flexibility index (Phi) is 4.06. The molecule has 4 aromatic rings. The zero-order valence-electron chi connectivity index (χ0n) is 15.9. The number of nitro groups is 1. The normalized spacial score (nSPS) is 15.4. The van der Waals surface area contributed by atoms with Gasteiger partial charge in [-0.05, 0) is 41.3 Å². The number of non-ortho nitro benzene ring substituents is 1. The van der Waals surface area contributed by atoms with Crippen LogP contribution in [0.2, 0.25) is 0 Å². The lowest BCUT2D eigenvalue weighted by Gasteiger charge is -2.22. The number of nitro benzene ring substituents is 1. The van der Waals surface area contributed by atoms with Crippen molar-refractivity contribution in [3.8, 4) is 11.1 Å². The van der Waals surface area contributed by atoms with Crippen molar-refractivity contribution in [2.75, 3.05) is 0 Å². The van der Waals surface area contributed by atoms with Crippen molar-refractivity contribution in [1.82, 2.24) is 15.0 Å². The zero-order chi connectivity index (χ0) is 20.8. The number of ether oxygens (including phenoxy) is 1. The average molecular weight is 400 g/mol. The molecular weight excluding hydrogens is 384 g/mol. The van der Waals surface area contributed by atoms with Crippen LogP contribution in [0.25, 0.3) is 22.2 Å². The second kappa shape index (κ2) is 6.77. The maximum atomic E-state index is 12.8. The maximum Gasteiger partial charge on any atom is 0.437 e. The average Bonchev–Trinajstić information content (AvgIpc) is 3.32. The van der Waals surface area contributed by atoms with Crippen molar-refractivity contribution in [3.63, 3.8) is 0 Å². The van der Waals surface area contributed by atoms with Gasteiger partial charge in [0.25, 0.3) is 5.69 Å². The highest BCUT2D eigenvalue weighted by atomic mass is 16.6. The van der Waals surface area contributed by atoms with Gasteiger partial charge < -0.3 is 4.74 Å². The summed E-state index contributed by atoms with van der Waals surface area (Å²) in [6, 6.07) is 19.6. The number of carbonyl (C=O) groups is 1. The van der Waals surface area contributed by atoms with Crippen LogP contribution in [0.15, 0.2) is 66.7 Å². The highest BCUT2D eigenvalue weighted by molar-refractivity contribution is 5.85. The molecule has 0 radical (unpaired) electrons. The highest BCUT2D eigenvalue weighted by Crippen LogP contribution is 2.48. The fourth-order valence-electron chi connectivity index (χ4n) is 4.13. The maximum absolute atomic E-state index is 12.8. The number of rotatable bonds is 3. The van der Waals surface area contributed by atoms with Gasteiger partial charge in [-0.1, -0.05) is 47.7 Å². The first-order valence-electron chi connectivity index (χ1n) is 9.43. The van der Waals surface area contributed by atoms with E-state index in [0.29, 0.717) is 11.0 Å². The summed E-state index contributed by atoms with van der Waals surface area (Å²) in [5, 5.41) is 19.1. The highest BCUT2D eigenvalue weighted by Gasteiger charge is 2.35. The minimum Gasteiger partial charge on any atom is -0.444 e. The van der Waals surface area contributed by atoms with Crippen molar-refractivity contribution < 1.29 is 14.5 Å². The van der Waals surface area contributed by atoms with Crippen LogP contribution in [0.1, 0.15) is 24.0 Å². The predicted octanol–water partition coefficient (Wildman–Crippen LogP) is 4.53. The van der Waals surface area contributed by atoms with E-state index in [1.54, 1.807) is 30.3 Å². The Morgan fingerprint density at radius 2 is 1.80 bits per heavy atom. The molecule has 8 nitrogen and oxygen atoms in total. The molecule has 2 atom stereocenters. The fraction of sp³-hybridized carbons (Fsp3) is 0.136. The van der Waals surface area contributed by atoms with Gasteiger partial charge in [0, 0.05) is 18.1 Å². The van der Waals surface area contributed by atoms with Crippen LogP contribution in [-0.2, 0) is 4.74 Å². The molecule has 0 bridgehead atoms. The summed E-state index contributed by atoms with van der Waals surface area (Å²) in [7, 11) is 0. The Morgan fingerprint density at radius 3 is 2.63 bits per heavy atom. The van der Waals surface area contributed by atoms with Gasteiger partial charge in [-0.2, -0.15) is 0 Å². The lowest BCUT2D eigenvalue weighted by molar-refractivity contribution is -0.384. The Hall–Kier alpha value is -4.07. The van der Waals surface area contributed by atoms with Crippen LogP contribution in [0, 0.1) is 10.1 Å². The molecule has 1 aliphatic carbocycles. The topological polar surface area (TPSA) is 100 Å². The number of fused-ring (bicyclic) bond motifs is 4. The largest absolute Gasteiger partial charge is 0.444 e. The summed E-state index contributed by atoms with van der Waals surface area (Å²) >= 11 is 0. The lowest BCUT2D eigenvalue weighted by Crippen LogP contribution is -2.26. The third-order valence-electron chi connectivity index (χ3n) is 5.45. The van der Waals surface area contributed by atoms with Gasteiger partial charge in [0.15, 0.2) is 0 Å². The van der Waals surface area contributed by atoms with Crippen molar-refractivity contribution in [1.29, 1.82) is 0 Å². The quantitative estimate of drug-likeness (QED) is 0.370. The smallest absolute Gasteiger partial charge is 0.437 e. The first kappa shape index (κ1) is 18.0. The van der Waals surface area contributed by atoms with Gasteiger partial charge in [0.1, 0.15) is 17.1 Å². The van der Waals surface area contributed by atoms with Crippen molar-refractivity contribution in [3.05, 3.63) is 88.0 Å². The van der Waals surface area contributed by atoms with E-state index in [9.17, 15) is 14.9 Å². The Bertz CT molecular complexity index is 1310. The molecule has 148 valence electrons. The van der Waals surface area contributed by atoms with Crippen LogP contribution in [0.3, 0.4) is 0 Å². The molecule has 0 saturated heterocycles. The fourth-order valence-corrected chi connectivity index (χ4v) is 4.13. The molecule has 2 unspecified atom stereocenters. The van der Waals surface area contributed by atoms with Crippen molar-refractivity contribution >= 4 is 22.8 Å². The molecule has 0 amide bonds. The molecule has 0 spiro atoms. The van der Waals surface area contributed by atoms with E-state index in [1.165, 1.54) is 6.07 Å². The van der Waals surface area contributed by atoms with E-state index in [4.69, 9.17) is 4.74 Å². The first-order valence-corrected chi connectivity index (χ1v) is 9.43. The van der Waals surface area contributed by atoms with Crippen LogP contribution in [0.4, 0.5) is 10.5 Å². The molecule has 0 fully saturated rings. The summed E-state index contributed by atoms with van der Waals surface area (Å²) < 4.78 is 6.91. The number of hydrogen-bond donors (Lipinski definition) is 0. The third-order valence-corrected chi connectivity index (χ3v) is 5.45. The lowest BCUT2D eigenvalue weighted by atomic mass is 9.92. The second-order valence-corrected chi connectivity index (χ2v) is 7.17. The van der Waals surface area contributed by atoms with E-state index >= 15 is 0 Å². The number of hydrogen-bond acceptors (Lipinski definition) is 6. The Morgan fingerprint density at radius 1 is 1.07 bits per heavy atom. The van der Waals surface area contributed by atoms with Gasteiger partial charge in [0.2, 0.25) is 0 Å². The Labute approximate surface area is 170 Å².